The molecule has 2 fully saturated rings. The van der Waals surface area contributed by atoms with Gasteiger partial charge in [-0.15, -0.1) is 0 Å². The lowest BCUT2D eigenvalue weighted by Crippen LogP contribution is -2.39. The van der Waals surface area contributed by atoms with Crippen molar-refractivity contribution in [3.8, 4) is 0 Å². The molecule has 2 aromatic rings. The zero-order chi connectivity index (χ0) is 18.1. The van der Waals surface area contributed by atoms with Crippen molar-refractivity contribution in [3.05, 3.63) is 47.3 Å². The predicted molar refractivity (Wildman–Crippen MR) is 94.1 cm³/mol. The molecule has 0 bridgehead atoms. The Morgan fingerprint density at radius 1 is 1.19 bits per heavy atom. The minimum Gasteiger partial charge on any atom is -0.361 e. The number of hydrogen-bond acceptors (Lipinski definition) is 5. The molecular formula is C18H21N3O4S. The van der Waals surface area contributed by atoms with E-state index in [2.05, 4.69) is 15.2 Å². The highest BCUT2D eigenvalue weighted by Gasteiger charge is 2.28. The minimum atomic E-state index is -3.60. The van der Waals surface area contributed by atoms with E-state index in [0.717, 1.165) is 37.9 Å². The van der Waals surface area contributed by atoms with Gasteiger partial charge in [0.1, 0.15) is 11.5 Å². The Morgan fingerprint density at radius 3 is 2.69 bits per heavy atom. The first-order valence-electron chi connectivity index (χ1n) is 8.87. The molecule has 2 aliphatic rings. The van der Waals surface area contributed by atoms with E-state index in [4.69, 9.17) is 4.52 Å². The second-order valence-electron chi connectivity index (χ2n) is 6.95. The summed E-state index contributed by atoms with van der Waals surface area (Å²) in [6, 6.07) is 7.93. The molecule has 0 atom stereocenters. The van der Waals surface area contributed by atoms with Gasteiger partial charge in [-0.25, -0.2) is 13.1 Å². The Balaban J connectivity index is 1.40. The van der Waals surface area contributed by atoms with Gasteiger partial charge in [-0.3, -0.25) is 4.79 Å². The lowest BCUT2D eigenvalue weighted by atomic mass is 9.94. The highest BCUT2D eigenvalue weighted by Crippen LogP contribution is 2.40. The van der Waals surface area contributed by atoms with Crippen LogP contribution in [0.25, 0.3) is 0 Å². The zero-order valence-corrected chi connectivity index (χ0v) is 15.1. The Kier molecular flexibility index (Phi) is 4.54. The average Bonchev–Trinajstić information content (AvgIpc) is 3.35. The Labute approximate surface area is 152 Å². The third-order valence-corrected chi connectivity index (χ3v) is 6.34. The van der Waals surface area contributed by atoms with Crippen LogP contribution in [0.15, 0.2) is 39.8 Å². The molecule has 2 N–H and O–H groups in total. The first-order chi connectivity index (χ1) is 12.5. The number of amides is 1. The molecule has 1 heterocycles. The maximum Gasteiger partial charge on any atom is 0.251 e. The molecule has 0 saturated heterocycles. The van der Waals surface area contributed by atoms with Gasteiger partial charge < -0.3 is 9.84 Å². The number of aromatic nitrogens is 1. The molecule has 26 heavy (non-hydrogen) atoms. The predicted octanol–water partition coefficient (Wildman–Crippen LogP) is 2.31. The smallest absolute Gasteiger partial charge is 0.251 e. The van der Waals surface area contributed by atoms with Crippen molar-refractivity contribution in [2.24, 2.45) is 0 Å². The van der Waals surface area contributed by atoms with E-state index in [1.54, 1.807) is 12.1 Å². The summed E-state index contributed by atoms with van der Waals surface area (Å²) in [6.07, 6.45) is 5.01. The standard InChI is InChI=1S/C18H21N3O4S/c22-18(19-11-15-10-17(25-20-15)12-7-8-12)13-3-1-6-16(9-13)26(23,24)21-14-4-2-5-14/h1,3,6,9-10,12,14,21H,2,4-5,7-8,11H2,(H,19,22). The summed E-state index contributed by atoms with van der Waals surface area (Å²) in [5.74, 6) is 0.989. The highest BCUT2D eigenvalue weighted by molar-refractivity contribution is 7.89. The number of hydrogen-bond donors (Lipinski definition) is 2. The third-order valence-electron chi connectivity index (χ3n) is 4.82. The van der Waals surface area contributed by atoms with Crippen LogP contribution in [0.3, 0.4) is 0 Å². The topological polar surface area (TPSA) is 101 Å². The van der Waals surface area contributed by atoms with Crippen LogP contribution in [0.5, 0.6) is 0 Å². The van der Waals surface area contributed by atoms with Crippen LogP contribution in [0.4, 0.5) is 0 Å². The number of sulfonamides is 1. The first kappa shape index (κ1) is 17.2. The van der Waals surface area contributed by atoms with Crippen molar-refractivity contribution >= 4 is 15.9 Å². The molecule has 0 unspecified atom stereocenters. The first-order valence-corrected chi connectivity index (χ1v) is 10.4. The lowest BCUT2D eigenvalue weighted by Gasteiger charge is -2.26. The summed E-state index contributed by atoms with van der Waals surface area (Å²) in [7, 11) is -3.60. The molecule has 0 radical (unpaired) electrons. The summed E-state index contributed by atoms with van der Waals surface area (Å²) in [4.78, 5) is 12.5. The largest absolute Gasteiger partial charge is 0.361 e. The Bertz CT molecular complexity index is 914. The van der Waals surface area contributed by atoms with E-state index in [1.807, 2.05) is 6.07 Å². The van der Waals surface area contributed by atoms with Crippen molar-refractivity contribution < 1.29 is 17.7 Å². The average molecular weight is 375 g/mol. The number of nitrogens with one attached hydrogen (secondary N) is 2. The zero-order valence-electron chi connectivity index (χ0n) is 14.3. The number of rotatable bonds is 7. The molecule has 1 amide bonds. The Hall–Kier alpha value is -2.19. The molecule has 1 aromatic heterocycles. The molecule has 0 aliphatic heterocycles. The maximum absolute atomic E-state index is 12.4. The van der Waals surface area contributed by atoms with E-state index in [1.165, 1.54) is 12.1 Å². The van der Waals surface area contributed by atoms with Gasteiger partial charge in [-0.05, 0) is 43.9 Å². The number of carbonyl (C=O) groups excluding carboxylic acids is 1. The van der Waals surface area contributed by atoms with E-state index in [9.17, 15) is 13.2 Å². The van der Waals surface area contributed by atoms with E-state index in [-0.39, 0.29) is 23.4 Å². The number of carbonyl (C=O) groups is 1. The molecule has 1 aromatic carbocycles. The van der Waals surface area contributed by atoms with Crippen LogP contribution >= 0.6 is 0 Å². The van der Waals surface area contributed by atoms with Crippen LogP contribution in [-0.2, 0) is 16.6 Å². The molecule has 2 saturated carbocycles. The van der Waals surface area contributed by atoms with Crippen molar-refractivity contribution in [2.45, 2.75) is 55.5 Å². The molecule has 0 spiro atoms. The fourth-order valence-electron chi connectivity index (χ4n) is 2.86. The van der Waals surface area contributed by atoms with Crippen LogP contribution in [-0.4, -0.2) is 25.5 Å². The van der Waals surface area contributed by atoms with Crippen molar-refractivity contribution in [1.29, 1.82) is 0 Å². The summed E-state index contributed by atoms with van der Waals surface area (Å²) < 4.78 is 32.7. The number of nitrogens with zero attached hydrogens (tertiary/aromatic N) is 1. The fourth-order valence-corrected chi connectivity index (χ4v) is 4.21. The molecule has 2 aliphatic carbocycles. The van der Waals surface area contributed by atoms with Crippen molar-refractivity contribution in [3.63, 3.8) is 0 Å². The van der Waals surface area contributed by atoms with Gasteiger partial charge in [0.15, 0.2) is 0 Å². The summed E-state index contributed by atoms with van der Waals surface area (Å²) in [5, 5.41) is 6.71. The quantitative estimate of drug-likeness (QED) is 0.773. The normalized spacial score (nSPS) is 17.7. The second-order valence-corrected chi connectivity index (χ2v) is 8.67. The summed E-state index contributed by atoms with van der Waals surface area (Å²) in [6.45, 7) is 0.242. The van der Waals surface area contributed by atoms with Crippen LogP contribution in [0, 0.1) is 0 Å². The van der Waals surface area contributed by atoms with Crippen LogP contribution in [0.2, 0.25) is 0 Å². The van der Waals surface area contributed by atoms with Crippen LogP contribution < -0.4 is 10.0 Å². The molecule has 7 nitrogen and oxygen atoms in total. The second kappa shape index (κ2) is 6.85. The summed E-state index contributed by atoms with van der Waals surface area (Å²) >= 11 is 0. The minimum absolute atomic E-state index is 0.00492. The molecule has 138 valence electrons. The van der Waals surface area contributed by atoms with Crippen LogP contribution in [0.1, 0.15) is 59.8 Å². The van der Waals surface area contributed by atoms with E-state index >= 15 is 0 Å². The lowest BCUT2D eigenvalue weighted by molar-refractivity contribution is 0.0950. The van der Waals surface area contributed by atoms with Gasteiger partial charge in [0.05, 0.1) is 11.4 Å². The summed E-state index contributed by atoms with van der Waals surface area (Å²) in [5.41, 5.74) is 0.961. The molecular weight excluding hydrogens is 354 g/mol. The van der Waals surface area contributed by atoms with Gasteiger partial charge >= 0.3 is 0 Å². The highest BCUT2D eigenvalue weighted by atomic mass is 32.2. The SMILES string of the molecule is O=C(NCc1cc(C2CC2)on1)c1cccc(S(=O)(=O)NC2CCC2)c1. The van der Waals surface area contributed by atoms with Gasteiger partial charge in [0.25, 0.3) is 5.91 Å². The fraction of sp³-hybridized carbons (Fsp3) is 0.444. The molecule has 8 heteroatoms. The monoisotopic (exact) mass is 375 g/mol. The van der Waals surface area contributed by atoms with Gasteiger partial charge in [-0.1, -0.05) is 17.6 Å². The third kappa shape index (κ3) is 3.81. The molecule has 4 rings (SSSR count). The number of benzene rings is 1. The van der Waals surface area contributed by atoms with E-state index in [0.29, 0.717) is 17.2 Å². The van der Waals surface area contributed by atoms with Gasteiger partial charge in [0, 0.05) is 23.6 Å². The van der Waals surface area contributed by atoms with Crippen molar-refractivity contribution in [1.82, 2.24) is 15.2 Å². The van der Waals surface area contributed by atoms with Gasteiger partial charge in [-0.2, -0.15) is 0 Å². The van der Waals surface area contributed by atoms with E-state index < -0.39 is 10.0 Å². The van der Waals surface area contributed by atoms with Gasteiger partial charge in [0.2, 0.25) is 10.0 Å². The van der Waals surface area contributed by atoms with Crippen molar-refractivity contribution in [2.75, 3.05) is 0 Å². The maximum atomic E-state index is 12.4. The Morgan fingerprint density at radius 2 is 2.00 bits per heavy atom.